The number of nitrogens with zero attached hydrogens (tertiary/aromatic N) is 2. The molecule has 7 heteroatoms. The first-order valence-electron chi connectivity index (χ1n) is 10.0. The first-order chi connectivity index (χ1) is 14.4. The number of likely N-dealkylation sites (N-methyl/N-ethyl adjacent to an activating group) is 1. The molecule has 30 heavy (non-hydrogen) atoms. The second-order valence-corrected chi connectivity index (χ2v) is 7.29. The molecular formula is C23H33FN4O2. The summed E-state index contributed by atoms with van der Waals surface area (Å²) in [6.07, 6.45) is 0. The summed E-state index contributed by atoms with van der Waals surface area (Å²) in [7, 11) is 7.34. The van der Waals surface area contributed by atoms with Crippen molar-refractivity contribution in [1.82, 2.24) is 15.5 Å². The van der Waals surface area contributed by atoms with Crippen molar-refractivity contribution >= 4 is 5.96 Å². The molecule has 0 heterocycles. The number of ether oxygens (including phenoxy) is 2. The highest BCUT2D eigenvalue weighted by Crippen LogP contribution is 2.21. The van der Waals surface area contributed by atoms with Gasteiger partial charge in [0.25, 0.3) is 0 Å². The fourth-order valence-corrected chi connectivity index (χ4v) is 3.08. The number of aryl methyl sites for hydroxylation is 1. The average Bonchev–Trinajstić information content (AvgIpc) is 2.71. The van der Waals surface area contributed by atoms with Crippen molar-refractivity contribution < 1.29 is 13.9 Å². The van der Waals surface area contributed by atoms with Crippen molar-refractivity contribution in [3.05, 3.63) is 65.0 Å². The Labute approximate surface area is 179 Å². The third kappa shape index (κ3) is 7.31. The molecule has 2 aromatic carbocycles. The minimum Gasteiger partial charge on any atom is -0.491 e. The summed E-state index contributed by atoms with van der Waals surface area (Å²) in [6.45, 7) is 4.22. The van der Waals surface area contributed by atoms with Gasteiger partial charge in [-0.1, -0.05) is 24.3 Å². The summed E-state index contributed by atoms with van der Waals surface area (Å²) >= 11 is 0. The van der Waals surface area contributed by atoms with Gasteiger partial charge in [-0.2, -0.15) is 0 Å². The van der Waals surface area contributed by atoms with Gasteiger partial charge in [-0.05, 0) is 50.3 Å². The molecule has 0 spiro atoms. The monoisotopic (exact) mass is 416 g/mol. The number of aliphatic imine (C=N–C) groups is 1. The van der Waals surface area contributed by atoms with Crippen LogP contribution in [-0.2, 0) is 11.3 Å². The van der Waals surface area contributed by atoms with E-state index in [0.717, 1.165) is 22.4 Å². The molecule has 0 bridgehead atoms. The van der Waals surface area contributed by atoms with E-state index in [4.69, 9.17) is 9.47 Å². The summed E-state index contributed by atoms with van der Waals surface area (Å²) < 4.78 is 24.6. The molecule has 2 rings (SSSR count). The molecule has 1 atom stereocenters. The van der Waals surface area contributed by atoms with E-state index in [-0.39, 0.29) is 11.9 Å². The Hall–Kier alpha value is -2.64. The molecule has 2 aromatic rings. The molecule has 0 fully saturated rings. The Morgan fingerprint density at radius 2 is 1.93 bits per heavy atom. The molecule has 0 radical (unpaired) electrons. The Kier molecular flexibility index (Phi) is 9.57. The van der Waals surface area contributed by atoms with Crippen LogP contribution in [0.4, 0.5) is 4.39 Å². The van der Waals surface area contributed by atoms with Gasteiger partial charge >= 0.3 is 0 Å². The van der Waals surface area contributed by atoms with E-state index in [9.17, 15) is 4.39 Å². The zero-order valence-corrected chi connectivity index (χ0v) is 18.5. The normalized spacial score (nSPS) is 12.7. The lowest BCUT2D eigenvalue weighted by molar-refractivity contribution is 0.145. The predicted molar refractivity (Wildman–Crippen MR) is 120 cm³/mol. The number of halogens is 1. The molecule has 164 valence electrons. The second kappa shape index (κ2) is 12.1. The highest BCUT2D eigenvalue weighted by molar-refractivity contribution is 5.79. The van der Waals surface area contributed by atoms with Crippen LogP contribution < -0.4 is 15.4 Å². The molecule has 0 aromatic heterocycles. The highest BCUT2D eigenvalue weighted by atomic mass is 19.1. The maximum Gasteiger partial charge on any atom is 0.191 e. The van der Waals surface area contributed by atoms with Crippen LogP contribution in [0.15, 0.2) is 47.5 Å². The van der Waals surface area contributed by atoms with Gasteiger partial charge in [-0.15, -0.1) is 0 Å². The number of benzene rings is 2. The van der Waals surface area contributed by atoms with Crippen molar-refractivity contribution in [1.29, 1.82) is 0 Å². The Morgan fingerprint density at radius 1 is 1.13 bits per heavy atom. The minimum atomic E-state index is -0.234. The van der Waals surface area contributed by atoms with Crippen LogP contribution in [0.2, 0.25) is 0 Å². The SMILES string of the molecule is CN=C(NCc1ccc(C)cc1OCCOC)NCC(c1cccc(F)c1)N(C)C. The summed E-state index contributed by atoms with van der Waals surface area (Å²) in [6, 6.07) is 12.8. The van der Waals surface area contributed by atoms with E-state index in [0.29, 0.717) is 32.3 Å². The molecule has 0 aliphatic carbocycles. The van der Waals surface area contributed by atoms with Gasteiger partial charge in [0.1, 0.15) is 18.2 Å². The van der Waals surface area contributed by atoms with E-state index < -0.39 is 0 Å². The van der Waals surface area contributed by atoms with Crippen LogP contribution in [0.3, 0.4) is 0 Å². The largest absolute Gasteiger partial charge is 0.491 e. The number of hydrogen-bond acceptors (Lipinski definition) is 4. The Balaban J connectivity index is 1.99. The van der Waals surface area contributed by atoms with Crippen molar-refractivity contribution in [3.8, 4) is 5.75 Å². The van der Waals surface area contributed by atoms with Crippen LogP contribution in [-0.4, -0.2) is 58.9 Å². The number of nitrogens with one attached hydrogen (secondary N) is 2. The van der Waals surface area contributed by atoms with E-state index in [1.807, 2.05) is 39.2 Å². The van der Waals surface area contributed by atoms with Crippen LogP contribution in [0.5, 0.6) is 5.75 Å². The number of methoxy groups -OCH3 is 1. The molecule has 2 N–H and O–H groups in total. The third-order valence-corrected chi connectivity index (χ3v) is 4.76. The molecule has 1 unspecified atom stereocenters. The van der Waals surface area contributed by atoms with Gasteiger partial charge in [0.15, 0.2) is 5.96 Å². The standard InChI is InChI=1S/C23H33FN4O2/c1-17-9-10-19(22(13-17)30-12-11-29-5)15-26-23(25-2)27-16-21(28(3)4)18-7-6-8-20(24)14-18/h6-10,13-14,21H,11-12,15-16H2,1-5H3,(H2,25,26,27). The molecule has 0 aliphatic heterocycles. The first-order valence-corrected chi connectivity index (χ1v) is 10.0. The van der Waals surface area contributed by atoms with Crippen molar-refractivity contribution in [3.63, 3.8) is 0 Å². The highest BCUT2D eigenvalue weighted by Gasteiger charge is 2.15. The maximum atomic E-state index is 13.6. The lowest BCUT2D eigenvalue weighted by Crippen LogP contribution is -2.41. The fourth-order valence-electron chi connectivity index (χ4n) is 3.08. The van der Waals surface area contributed by atoms with E-state index >= 15 is 0 Å². The van der Waals surface area contributed by atoms with Crippen LogP contribution in [0, 0.1) is 12.7 Å². The zero-order valence-electron chi connectivity index (χ0n) is 18.5. The van der Waals surface area contributed by atoms with Crippen molar-refractivity contribution in [2.24, 2.45) is 4.99 Å². The van der Waals surface area contributed by atoms with E-state index in [1.54, 1.807) is 26.3 Å². The molecular weight excluding hydrogens is 383 g/mol. The van der Waals surface area contributed by atoms with Crippen LogP contribution in [0.1, 0.15) is 22.7 Å². The van der Waals surface area contributed by atoms with Crippen molar-refractivity contribution in [2.75, 3.05) is 48.0 Å². The molecule has 0 saturated heterocycles. The number of hydrogen-bond donors (Lipinski definition) is 2. The molecule has 6 nitrogen and oxygen atoms in total. The minimum absolute atomic E-state index is 0.00608. The Bertz CT molecular complexity index is 827. The predicted octanol–water partition coefficient (Wildman–Crippen LogP) is 3.13. The smallest absolute Gasteiger partial charge is 0.191 e. The lowest BCUT2D eigenvalue weighted by Gasteiger charge is -2.26. The van der Waals surface area contributed by atoms with Gasteiger partial charge in [-0.25, -0.2) is 4.39 Å². The summed E-state index contributed by atoms with van der Waals surface area (Å²) in [4.78, 5) is 6.36. The number of rotatable bonds is 10. The first kappa shape index (κ1) is 23.6. The topological polar surface area (TPSA) is 58.1 Å². The van der Waals surface area contributed by atoms with Crippen LogP contribution in [0.25, 0.3) is 0 Å². The average molecular weight is 417 g/mol. The fraction of sp³-hybridized carbons (Fsp3) is 0.435. The Morgan fingerprint density at radius 3 is 2.60 bits per heavy atom. The number of guanidine groups is 1. The van der Waals surface area contributed by atoms with E-state index in [2.05, 4.69) is 26.6 Å². The quantitative estimate of drug-likeness (QED) is 0.354. The second-order valence-electron chi connectivity index (χ2n) is 7.29. The lowest BCUT2D eigenvalue weighted by atomic mass is 10.1. The van der Waals surface area contributed by atoms with E-state index in [1.165, 1.54) is 6.07 Å². The van der Waals surface area contributed by atoms with Gasteiger partial charge in [0, 0.05) is 32.8 Å². The van der Waals surface area contributed by atoms with Gasteiger partial charge in [-0.3, -0.25) is 4.99 Å². The van der Waals surface area contributed by atoms with Crippen molar-refractivity contribution in [2.45, 2.75) is 19.5 Å². The maximum absolute atomic E-state index is 13.6. The molecule has 0 saturated carbocycles. The van der Waals surface area contributed by atoms with Crippen LogP contribution >= 0.6 is 0 Å². The van der Waals surface area contributed by atoms with Gasteiger partial charge < -0.3 is 25.0 Å². The molecule has 0 amide bonds. The zero-order chi connectivity index (χ0) is 21.9. The third-order valence-electron chi connectivity index (χ3n) is 4.76. The van der Waals surface area contributed by atoms with Gasteiger partial charge in [0.05, 0.1) is 12.6 Å². The van der Waals surface area contributed by atoms with Gasteiger partial charge in [0.2, 0.25) is 0 Å². The summed E-state index contributed by atoms with van der Waals surface area (Å²) in [5.74, 6) is 1.27. The summed E-state index contributed by atoms with van der Waals surface area (Å²) in [5, 5.41) is 6.66. The molecule has 0 aliphatic rings. The summed E-state index contributed by atoms with van der Waals surface area (Å²) in [5.41, 5.74) is 3.09.